The second-order valence-corrected chi connectivity index (χ2v) is 5.12. The highest BCUT2D eigenvalue weighted by molar-refractivity contribution is 5.70. The number of rotatable bonds is 10. The minimum absolute atomic E-state index is 0.222. The quantitative estimate of drug-likeness (QED) is 0.450. The Morgan fingerprint density at radius 3 is 1.80 bits per heavy atom. The second kappa shape index (κ2) is 10.6. The normalized spacial score (nSPS) is 11.2. The summed E-state index contributed by atoms with van der Waals surface area (Å²) in [7, 11) is 0. The molecule has 0 spiro atoms. The summed E-state index contributed by atoms with van der Waals surface area (Å²) in [5.74, 6) is -0.543. The monoisotopic (exact) mass is 290 g/mol. The van der Waals surface area contributed by atoms with Crippen molar-refractivity contribution in [3.8, 4) is 0 Å². The van der Waals surface area contributed by atoms with Crippen LogP contribution in [0.3, 0.4) is 0 Å². The molecular formula is C14H26O6. The molecule has 0 N–H and O–H groups in total. The van der Waals surface area contributed by atoms with Crippen molar-refractivity contribution in [1.29, 1.82) is 0 Å². The highest BCUT2D eigenvalue weighted by Gasteiger charge is 2.15. The van der Waals surface area contributed by atoms with Gasteiger partial charge in [-0.05, 0) is 27.7 Å². The van der Waals surface area contributed by atoms with E-state index in [1.54, 1.807) is 6.92 Å². The largest absolute Gasteiger partial charge is 0.466 e. The van der Waals surface area contributed by atoms with E-state index in [0.29, 0.717) is 33.0 Å². The number of ether oxygens (including phenoxy) is 4. The molecule has 0 aromatic rings. The van der Waals surface area contributed by atoms with Gasteiger partial charge in [0.2, 0.25) is 0 Å². The zero-order chi connectivity index (χ0) is 15.4. The van der Waals surface area contributed by atoms with Crippen LogP contribution >= 0.6 is 0 Å². The van der Waals surface area contributed by atoms with Crippen molar-refractivity contribution in [2.45, 2.75) is 46.1 Å². The maximum absolute atomic E-state index is 11.3. The first-order chi connectivity index (χ1) is 9.35. The second-order valence-electron chi connectivity index (χ2n) is 5.12. The van der Waals surface area contributed by atoms with Gasteiger partial charge in [-0.3, -0.25) is 9.59 Å². The summed E-state index contributed by atoms with van der Waals surface area (Å²) in [5, 5.41) is 0. The third-order valence-corrected chi connectivity index (χ3v) is 2.00. The van der Waals surface area contributed by atoms with Gasteiger partial charge in [0.1, 0.15) is 5.60 Å². The zero-order valence-electron chi connectivity index (χ0n) is 12.9. The van der Waals surface area contributed by atoms with Crippen LogP contribution in [0.5, 0.6) is 0 Å². The van der Waals surface area contributed by atoms with Crippen LogP contribution in [0.1, 0.15) is 40.5 Å². The standard InChI is InChI=1S/C14H26O6/c1-5-19-12(15)6-8-17-10-11-18-9-7-13(16)20-14(2,3)4/h5-11H2,1-4H3. The maximum atomic E-state index is 11.3. The number of carbonyl (C=O) groups is 2. The van der Waals surface area contributed by atoms with Gasteiger partial charge in [-0.15, -0.1) is 0 Å². The molecule has 0 unspecified atom stereocenters. The highest BCUT2D eigenvalue weighted by Crippen LogP contribution is 2.07. The molecule has 6 nitrogen and oxygen atoms in total. The van der Waals surface area contributed by atoms with Crippen LogP contribution in [-0.4, -0.2) is 50.6 Å². The predicted octanol–water partition coefficient (Wildman–Crippen LogP) is 1.70. The first-order valence-corrected chi connectivity index (χ1v) is 6.88. The molecule has 6 heteroatoms. The molecule has 0 aliphatic rings. The first kappa shape index (κ1) is 18.9. The smallest absolute Gasteiger partial charge is 0.308 e. The molecule has 0 aliphatic heterocycles. The number of hydrogen-bond donors (Lipinski definition) is 0. The molecule has 0 heterocycles. The minimum Gasteiger partial charge on any atom is -0.466 e. The first-order valence-electron chi connectivity index (χ1n) is 6.88. The van der Waals surface area contributed by atoms with Crippen molar-refractivity contribution in [2.24, 2.45) is 0 Å². The molecule has 0 bridgehead atoms. The fraction of sp³-hybridized carbons (Fsp3) is 0.857. The Balaban J connectivity index is 3.33. The Morgan fingerprint density at radius 2 is 1.35 bits per heavy atom. The molecule has 0 saturated heterocycles. The van der Waals surface area contributed by atoms with E-state index in [1.165, 1.54) is 0 Å². The maximum Gasteiger partial charge on any atom is 0.308 e. The Labute approximate surface area is 120 Å². The molecule has 0 radical (unpaired) electrons. The fourth-order valence-electron chi connectivity index (χ4n) is 1.26. The summed E-state index contributed by atoms with van der Waals surface area (Å²) >= 11 is 0. The summed E-state index contributed by atoms with van der Waals surface area (Å²) in [6.45, 7) is 8.99. The van der Waals surface area contributed by atoms with E-state index in [-0.39, 0.29) is 24.8 Å². The minimum atomic E-state index is -0.465. The Kier molecular flexibility index (Phi) is 10.0. The fourth-order valence-corrected chi connectivity index (χ4v) is 1.26. The van der Waals surface area contributed by atoms with Gasteiger partial charge >= 0.3 is 11.9 Å². The van der Waals surface area contributed by atoms with Crippen molar-refractivity contribution in [3.05, 3.63) is 0 Å². The lowest BCUT2D eigenvalue weighted by Gasteiger charge is -2.19. The number of esters is 2. The lowest BCUT2D eigenvalue weighted by molar-refractivity contribution is -0.156. The molecule has 0 saturated carbocycles. The number of hydrogen-bond acceptors (Lipinski definition) is 6. The SMILES string of the molecule is CCOC(=O)CCOCCOCCC(=O)OC(C)(C)C. The van der Waals surface area contributed by atoms with E-state index in [2.05, 4.69) is 0 Å². The van der Waals surface area contributed by atoms with Crippen LogP contribution < -0.4 is 0 Å². The summed E-state index contributed by atoms with van der Waals surface area (Å²) < 4.78 is 20.3. The lowest BCUT2D eigenvalue weighted by Crippen LogP contribution is -2.24. The topological polar surface area (TPSA) is 71.1 Å². The third-order valence-electron chi connectivity index (χ3n) is 2.00. The van der Waals surface area contributed by atoms with Crippen molar-refractivity contribution in [2.75, 3.05) is 33.0 Å². The Morgan fingerprint density at radius 1 is 0.850 bits per heavy atom. The molecule has 20 heavy (non-hydrogen) atoms. The Bertz CT molecular complexity index is 282. The van der Waals surface area contributed by atoms with Crippen LogP contribution in [0, 0.1) is 0 Å². The third kappa shape index (κ3) is 13.3. The molecule has 0 aliphatic carbocycles. The summed E-state index contributed by atoms with van der Waals surface area (Å²) in [5.41, 5.74) is -0.465. The van der Waals surface area contributed by atoms with E-state index in [0.717, 1.165) is 0 Å². The van der Waals surface area contributed by atoms with E-state index < -0.39 is 5.60 Å². The van der Waals surface area contributed by atoms with Gasteiger partial charge in [-0.2, -0.15) is 0 Å². The van der Waals surface area contributed by atoms with Gasteiger partial charge in [-0.25, -0.2) is 0 Å². The Hall–Kier alpha value is -1.14. The molecular weight excluding hydrogens is 264 g/mol. The molecule has 0 aromatic carbocycles. The summed E-state index contributed by atoms with van der Waals surface area (Å²) in [6, 6.07) is 0. The molecule has 0 aromatic heterocycles. The van der Waals surface area contributed by atoms with Crippen molar-refractivity contribution >= 4 is 11.9 Å². The van der Waals surface area contributed by atoms with Gasteiger partial charge in [-0.1, -0.05) is 0 Å². The molecule has 0 rings (SSSR count). The van der Waals surface area contributed by atoms with Crippen LogP contribution in [0.25, 0.3) is 0 Å². The average molecular weight is 290 g/mol. The lowest BCUT2D eigenvalue weighted by atomic mass is 10.2. The predicted molar refractivity (Wildman–Crippen MR) is 73.4 cm³/mol. The van der Waals surface area contributed by atoms with Gasteiger partial charge in [0.25, 0.3) is 0 Å². The molecule has 0 fully saturated rings. The highest BCUT2D eigenvalue weighted by atomic mass is 16.6. The summed E-state index contributed by atoms with van der Waals surface area (Å²) in [6.07, 6.45) is 0.464. The zero-order valence-corrected chi connectivity index (χ0v) is 12.9. The van der Waals surface area contributed by atoms with Crippen LogP contribution in [-0.2, 0) is 28.5 Å². The number of carbonyl (C=O) groups excluding carboxylic acids is 2. The van der Waals surface area contributed by atoms with E-state index in [4.69, 9.17) is 18.9 Å². The van der Waals surface area contributed by atoms with Gasteiger partial charge in [0.15, 0.2) is 0 Å². The van der Waals surface area contributed by atoms with Crippen molar-refractivity contribution < 1.29 is 28.5 Å². The van der Waals surface area contributed by atoms with Gasteiger partial charge in [0, 0.05) is 0 Å². The van der Waals surface area contributed by atoms with Crippen LogP contribution in [0.15, 0.2) is 0 Å². The molecule has 0 atom stereocenters. The van der Waals surface area contributed by atoms with Crippen LogP contribution in [0.2, 0.25) is 0 Å². The van der Waals surface area contributed by atoms with E-state index in [9.17, 15) is 9.59 Å². The van der Waals surface area contributed by atoms with Crippen LogP contribution in [0.4, 0.5) is 0 Å². The molecule has 118 valence electrons. The van der Waals surface area contributed by atoms with E-state index >= 15 is 0 Å². The van der Waals surface area contributed by atoms with Crippen molar-refractivity contribution in [3.63, 3.8) is 0 Å². The molecule has 0 amide bonds. The average Bonchev–Trinajstić information content (AvgIpc) is 2.30. The van der Waals surface area contributed by atoms with Crippen molar-refractivity contribution in [1.82, 2.24) is 0 Å². The van der Waals surface area contributed by atoms with Gasteiger partial charge in [0.05, 0.1) is 45.9 Å². The van der Waals surface area contributed by atoms with Gasteiger partial charge < -0.3 is 18.9 Å². The van der Waals surface area contributed by atoms with E-state index in [1.807, 2.05) is 20.8 Å². The summed E-state index contributed by atoms with van der Waals surface area (Å²) in [4.78, 5) is 22.3.